The maximum atomic E-state index is 12.2. The van der Waals surface area contributed by atoms with Crippen molar-refractivity contribution in [2.24, 2.45) is 5.92 Å². The lowest BCUT2D eigenvalue weighted by Gasteiger charge is -2.26. The van der Waals surface area contributed by atoms with Crippen LogP contribution in [0.5, 0.6) is 0 Å². The molecule has 1 aliphatic rings. The summed E-state index contributed by atoms with van der Waals surface area (Å²) in [5.41, 5.74) is 1.61. The molecular weight excluding hydrogens is 316 g/mol. The average molecular weight is 338 g/mol. The number of hydrogen-bond acceptors (Lipinski definition) is 3. The van der Waals surface area contributed by atoms with E-state index in [2.05, 4.69) is 5.32 Å². The number of nitrogens with zero attached hydrogens (tertiary/aromatic N) is 1. The van der Waals surface area contributed by atoms with Gasteiger partial charge in [-0.3, -0.25) is 9.59 Å². The molecule has 25 heavy (non-hydrogen) atoms. The average Bonchev–Trinajstić information content (AvgIpc) is 2.94. The van der Waals surface area contributed by atoms with Gasteiger partial charge in [-0.1, -0.05) is 60.7 Å². The maximum Gasteiger partial charge on any atom is 0.253 e. The Morgan fingerprint density at radius 1 is 1.16 bits per heavy atom. The first-order valence-corrected chi connectivity index (χ1v) is 8.39. The molecule has 1 fully saturated rings. The lowest BCUT2D eigenvalue weighted by molar-refractivity contribution is -0.130. The van der Waals surface area contributed by atoms with Gasteiger partial charge in [0.05, 0.1) is 6.04 Å². The van der Waals surface area contributed by atoms with Crippen LogP contribution in [0.25, 0.3) is 0 Å². The summed E-state index contributed by atoms with van der Waals surface area (Å²) >= 11 is 0. The van der Waals surface area contributed by atoms with Crippen molar-refractivity contribution in [2.45, 2.75) is 18.6 Å². The van der Waals surface area contributed by atoms with Crippen LogP contribution >= 0.6 is 0 Å². The smallest absolute Gasteiger partial charge is 0.253 e. The predicted octanol–water partition coefficient (Wildman–Crippen LogP) is 2.06. The molecule has 5 heteroatoms. The van der Waals surface area contributed by atoms with E-state index in [-0.39, 0.29) is 17.9 Å². The van der Waals surface area contributed by atoms with E-state index in [1.165, 1.54) is 0 Å². The second kappa shape index (κ2) is 7.49. The van der Waals surface area contributed by atoms with E-state index in [0.717, 1.165) is 5.56 Å². The Morgan fingerprint density at radius 2 is 1.76 bits per heavy atom. The fourth-order valence-corrected chi connectivity index (χ4v) is 3.40. The van der Waals surface area contributed by atoms with Crippen LogP contribution in [0, 0.1) is 5.92 Å². The van der Waals surface area contributed by atoms with Gasteiger partial charge in [-0.05, 0) is 11.1 Å². The highest BCUT2D eigenvalue weighted by Crippen LogP contribution is 2.36. The fourth-order valence-electron chi connectivity index (χ4n) is 3.40. The molecule has 0 aliphatic carbocycles. The Hall–Kier alpha value is -2.66. The lowest BCUT2D eigenvalue weighted by Crippen LogP contribution is -2.35. The molecule has 0 saturated carbocycles. The normalized spacial score (nSPS) is 21.2. The monoisotopic (exact) mass is 338 g/mol. The van der Waals surface area contributed by atoms with E-state index >= 15 is 0 Å². The molecule has 3 rings (SSSR count). The Bertz CT molecular complexity index is 733. The van der Waals surface area contributed by atoms with Crippen molar-refractivity contribution in [3.8, 4) is 0 Å². The number of carbonyl (C=O) groups excluding carboxylic acids is 2. The van der Waals surface area contributed by atoms with Crippen molar-refractivity contribution in [1.29, 1.82) is 0 Å². The van der Waals surface area contributed by atoms with Crippen LogP contribution in [0.4, 0.5) is 0 Å². The summed E-state index contributed by atoms with van der Waals surface area (Å²) in [7, 11) is 1.79. The molecule has 1 heterocycles. The highest BCUT2D eigenvalue weighted by Gasteiger charge is 2.38. The number of carbonyl (C=O) groups is 2. The van der Waals surface area contributed by atoms with E-state index < -0.39 is 12.0 Å². The number of benzene rings is 2. The van der Waals surface area contributed by atoms with E-state index in [1.807, 2.05) is 36.4 Å². The number of hydrogen-bond donors (Lipinski definition) is 2. The van der Waals surface area contributed by atoms with Crippen LogP contribution in [0.3, 0.4) is 0 Å². The van der Waals surface area contributed by atoms with Gasteiger partial charge < -0.3 is 15.3 Å². The summed E-state index contributed by atoms with van der Waals surface area (Å²) in [4.78, 5) is 26.1. The van der Waals surface area contributed by atoms with Gasteiger partial charge in [0, 0.05) is 25.9 Å². The maximum absolute atomic E-state index is 12.2. The van der Waals surface area contributed by atoms with E-state index in [0.29, 0.717) is 18.5 Å². The second-order valence-electron chi connectivity index (χ2n) is 6.38. The highest BCUT2D eigenvalue weighted by atomic mass is 16.3. The van der Waals surface area contributed by atoms with Gasteiger partial charge in [0.1, 0.15) is 0 Å². The van der Waals surface area contributed by atoms with Crippen LogP contribution in [0.15, 0.2) is 60.7 Å². The zero-order chi connectivity index (χ0) is 17.8. The first-order valence-electron chi connectivity index (χ1n) is 8.39. The number of aliphatic hydroxyl groups is 1. The van der Waals surface area contributed by atoms with Crippen molar-refractivity contribution in [3.63, 3.8) is 0 Å². The Labute approximate surface area is 147 Å². The summed E-state index contributed by atoms with van der Waals surface area (Å²) < 4.78 is 0. The molecule has 2 aromatic carbocycles. The summed E-state index contributed by atoms with van der Waals surface area (Å²) in [6, 6.07) is 18.6. The molecule has 130 valence electrons. The summed E-state index contributed by atoms with van der Waals surface area (Å²) in [5.74, 6) is -0.399. The first kappa shape index (κ1) is 17.2. The van der Waals surface area contributed by atoms with Crippen LogP contribution in [-0.2, 0) is 9.59 Å². The van der Waals surface area contributed by atoms with E-state index in [4.69, 9.17) is 0 Å². The van der Waals surface area contributed by atoms with E-state index in [1.54, 1.807) is 36.2 Å². The van der Waals surface area contributed by atoms with Gasteiger partial charge in [0.2, 0.25) is 5.91 Å². The minimum absolute atomic E-state index is 0.0215. The van der Waals surface area contributed by atoms with Gasteiger partial charge >= 0.3 is 0 Å². The number of rotatable bonds is 5. The molecular formula is C20H22N2O3. The molecule has 0 bridgehead atoms. The summed E-state index contributed by atoms with van der Waals surface area (Å²) in [5, 5.41) is 13.0. The third-order valence-corrected chi connectivity index (χ3v) is 4.74. The summed E-state index contributed by atoms with van der Waals surface area (Å²) in [6.45, 7) is 0.346. The number of aliphatic hydroxyl groups excluding tert-OH is 1. The molecule has 1 aliphatic heterocycles. The number of nitrogens with one attached hydrogen (secondary N) is 1. The van der Waals surface area contributed by atoms with Gasteiger partial charge in [0.25, 0.3) is 5.91 Å². The SMILES string of the molecule is CN1C(=O)C[C@H](CNC(=O)[C@H](O)c2ccccc2)[C@@H]1c1ccccc1. The van der Waals surface area contributed by atoms with Crippen molar-refractivity contribution in [2.75, 3.05) is 13.6 Å². The highest BCUT2D eigenvalue weighted by molar-refractivity contribution is 5.82. The topological polar surface area (TPSA) is 69.6 Å². The van der Waals surface area contributed by atoms with Crippen molar-refractivity contribution < 1.29 is 14.7 Å². The van der Waals surface area contributed by atoms with Crippen LogP contribution < -0.4 is 5.32 Å². The predicted molar refractivity (Wildman–Crippen MR) is 94.5 cm³/mol. The van der Waals surface area contributed by atoms with Gasteiger partial charge in [-0.2, -0.15) is 0 Å². The van der Waals surface area contributed by atoms with Crippen LogP contribution in [0.1, 0.15) is 29.7 Å². The zero-order valence-electron chi connectivity index (χ0n) is 14.1. The Morgan fingerprint density at radius 3 is 2.40 bits per heavy atom. The Kier molecular flexibility index (Phi) is 5.14. The van der Waals surface area contributed by atoms with Gasteiger partial charge in [-0.25, -0.2) is 0 Å². The molecule has 0 aromatic heterocycles. The second-order valence-corrected chi connectivity index (χ2v) is 6.38. The molecule has 5 nitrogen and oxygen atoms in total. The third-order valence-electron chi connectivity index (χ3n) is 4.74. The van der Waals surface area contributed by atoms with Crippen LogP contribution in [-0.4, -0.2) is 35.4 Å². The molecule has 3 atom stereocenters. The molecule has 2 amide bonds. The van der Waals surface area contributed by atoms with Crippen LogP contribution in [0.2, 0.25) is 0 Å². The van der Waals surface area contributed by atoms with E-state index in [9.17, 15) is 14.7 Å². The Balaban J connectivity index is 1.67. The van der Waals surface area contributed by atoms with Gasteiger partial charge in [0.15, 0.2) is 6.10 Å². The van der Waals surface area contributed by atoms with Crippen molar-refractivity contribution in [1.82, 2.24) is 10.2 Å². The number of amides is 2. The fraction of sp³-hybridized carbons (Fsp3) is 0.300. The standard InChI is InChI=1S/C20H22N2O3/c1-22-17(23)12-16(18(22)14-8-4-2-5-9-14)13-21-20(25)19(24)15-10-6-3-7-11-15/h2-11,16,18-19,24H,12-13H2,1H3,(H,21,25)/t16-,18+,19-/m1/s1. The minimum Gasteiger partial charge on any atom is -0.378 e. The largest absolute Gasteiger partial charge is 0.378 e. The summed E-state index contributed by atoms with van der Waals surface area (Å²) in [6.07, 6.45) is -0.816. The molecule has 0 spiro atoms. The molecule has 0 unspecified atom stereocenters. The van der Waals surface area contributed by atoms with Crippen molar-refractivity contribution >= 4 is 11.8 Å². The minimum atomic E-state index is -1.20. The first-order chi connectivity index (χ1) is 12.1. The van der Waals surface area contributed by atoms with Gasteiger partial charge in [-0.15, -0.1) is 0 Å². The lowest BCUT2D eigenvalue weighted by atomic mass is 9.93. The molecule has 2 aromatic rings. The number of likely N-dealkylation sites (tertiary alicyclic amines) is 1. The molecule has 1 saturated heterocycles. The molecule has 2 N–H and O–H groups in total. The quantitative estimate of drug-likeness (QED) is 0.877. The molecule has 0 radical (unpaired) electrons. The zero-order valence-corrected chi connectivity index (χ0v) is 14.1. The third kappa shape index (κ3) is 3.72. The van der Waals surface area contributed by atoms with Crippen molar-refractivity contribution in [3.05, 3.63) is 71.8 Å².